The summed E-state index contributed by atoms with van der Waals surface area (Å²) in [5.74, 6) is 0.516. The Hall–Kier alpha value is -7.33. The third-order valence-corrected chi connectivity index (χ3v) is 12.4. The molecule has 0 saturated carbocycles. The maximum Gasteiger partial charge on any atom is 0.268 e. The molecule has 0 aliphatic rings. The van der Waals surface area contributed by atoms with E-state index in [1.807, 2.05) is 88.6 Å². The Balaban J connectivity index is 0.00000891. The molecule has 0 radical (unpaired) electrons. The molecule has 0 saturated heterocycles. The predicted molar refractivity (Wildman–Crippen MR) is 288 cm³/mol. The van der Waals surface area contributed by atoms with Crippen LogP contribution >= 0.6 is 0 Å². The third kappa shape index (κ3) is 8.72. The summed E-state index contributed by atoms with van der Waals surface area (Å²) < 4.78 is 175. The minimum absolute atomic E-state index is 0. The molecular weight excluding hydrogens is 1050 g/mol. The number of aryl methyl sites for hydroxylation is 3. The van der Waals surface area contributed by atoms with Gasteiger partial charge in [-0.15, -0.1) is 29.7 Å². The molecule has 3 heterocycles. The molecule has 0 unspecified atom stereocenters. The molecule has 0 bridgehead atoms. The molecule has 11 aromatic rings. The summed E-state index contributed by atoms with van der Waals surface area (Å²) in [7, 11) is 0. The van der Waals surface area contributed by atoms with Gasteiger partial charge in [0.15, 0.2) is 0 Å². The molecule has 0 spiro atoms. The summed E-state index contributed by atoms with van der Waals surface area (Å²) in [6.45, 7) is 3.72. The topological polar surface area (TPSA) is 35.9 Å². The number of para-hydroxylation sites is 1. The molecule has 11 rings (SSSR count). The van der Waals surface area contributed by atoms with E-state index in [-0.39, 0.29) is 95.0 Å². The van der Waals surface area contributed by atoms with Gasteiger partial charge in [-0.1, -0.05) is 168 Å². The number of hydrogen-bond donors (Lipinski definition) is 0. The smallest absolute Gasteiger partial charge is 0.268 e. The van der Waals surface area contributed by atoms with Crippen molar-refractivity contribution in [3.05, 3.63) is 222 Å². The Labute approximate surface area is 459 Å². The molecule has 3 aromatic heterocycles. The summed E-state index contributed by atoms with van der Waals surface area (Å²) in [5, 5.41) is 1.45. The zero-order valence-electron chi connectivity index (χ0n) is 58.5. The van der Waals surface area contributed by atoms with Crippen molar-refractivity contribution < 1.29 is 56.4 Å². The van der Waals surface area contributed by atoms with Crippen molar-refractivity contribution in [2.45, 2.75) is 72.9 Å². The maximum absolute atomic E-state index is 9.01. The molecule has 5 nitrogen and oxygen atoms in total. The normalized spacial score (nSPS) is 16.3. The van der Waals surface area contributed by atoms with Crippen LogP contribution in [0.4, 0.5) is 0 Å². The van der Waals surface area contributed by atoms with Gasteiger partial charge in [0.2, 0.25) is 0 Å². The van der Waals surface area contributed by atoms with Gasteiger partial charge in [0.25, 0.3) is 6.33 Å². The van der Waals surface area contributed by atoms with E-state index in [0.29, 0.717) is 55.5 Å². The Morgan fingerprint density at radius 1 is 0.592 bits per heavy atom. The minimum Gasteiger partial charge on any atom is -0.510 e. The van der Waals surface area contributed by atoms with E-state index in [9.17, 15) is 0 Å². The van der Waals surface area contributed by atoms with Crippen LogP contribution in [0, 0.1) is 39.0 Å². The molecule has 0 aliphatic heterocycles. The van der Waals surface area contributed by atoms with Crippen LogP contribution < -0.4 is 9.30 Å². The number of ether oxygens (including phenoxy) is 1. The second-order valence-electron chi connectivity index (χ2n) is 19.2. The largest absolute Gasteiger partial charge is 0.510 e. The van der Waals surface area contributed by atoms with Crippen molar-refractivity contribution in [1.82, 2.24) is 14.1 Å². The number of pyridine rings is 1. The van der Waals surface area contributed by atoms with Gasteiger partial charge in [0.05, 0.1) is 30.4 Å². The van der Waals surface area contributed by atoms with E-state index in [4.69, 9.17) is 30.8 Å². The zero-order valence-corrected chi connectivity index (χ0v) is 41.8. The quantitative estimate of drug-likeness (QED) is 0.112. The molecule has 6 heteroatoms. The number of hydrogen-bond acceptors (Lipinski definition) is 2. The molecule has 0 fully saturated rings. The standard InChI is InChI=1S/C65H56N4O.Pt/c1-42-20-18-21-43(2)62(42)47-30-33-58-60(37-47)67(41-68(58)63-55(64(4,5)6)35-48(36-56(63)65(7,8)9)45-22-12-10-13-23-45)49-26-19-27-50(38-49)70-51-31-32-53-52-28-16-17-29-57(52)69(59(53)39-51)61-34-44(3)54(40-66-61)46-24-14-11-15-25-46;/h10-37,40H,1-9H3;/q-2;/i1D3,2D3,3D3,10D,11D,12D,13D,14D,15D,22D,23D,24D,25D;. The van der Waals surface area contributed by atoms with Gasteiger partial charge < -0.3 is 13.9 Å². The number of rotatable bonds is 8. The summed E-state index contributed by atoms with van der Waals surface area (Å²) in [5.41, 5.74) is 2.73. The summed E-state index contributed by atoms with van der Waals surface area (Å²) in [4.78, 5) is 4.68. The fourth-order valence-electron chi connectivity index (χ4n) is 9.10. The summed E-state index contributed by atoms with van der Waals surface area (Å²) in [6.07, 6.45) is 4.78. The molecule has 0 aliphatic carbocycles. The average molecular weight is 1120 g/mol. The molecule has 0 atom stereocenters. The fraction of sp³-hybridized carbons (Fsp3) is 0.169. The van der Waals surface area contributed by atoms with Crippen molar-refractivity contribution in [2.24, 2.45) is 0 Å². The molecule has 8 aromatic carbocycles. The van der Waals surface area contributed by atoms with Gasteiger partial charge in [-0.3, -0.25) is 4.57 Å². The van der Waals surface area contributed by atoms with Gasteiger partial charge in [0.1, 0.15) is 5.82 Å². The first kappa shape index (κ1) is 29.8. The minimum atomic E-state index is -2.84. The molecule has 0 amide bonds. The Kier molecular flexibility index (Phi) is 7.73. The molecular formula is C65H56N4OPt-2. The van der Waals surface area contributed by atoms with Gasteiger partial charge in [0, 0.05) is 62.2 Å². The van der Waals surface area contributed by atoms with E-state index in [0.717, 1.165) is 5.39 Å². The zero-order chi connectivity index (χ0) is 64.7. The van der Waals surface area contributed by atoms with E-state index in [1.54, 1.807) is 51.6 Å². The SMILES string of the molecule is [2H]c1c([2H])c([2H])c(-c2cc(C(C)(C)C)c(-[n+]3[c-]n(-c4[c-]c(Oc5[c-]c6c(cc5)c5ccccc5n6-c5cc(C([2H])([2H])[2H])c(-c6c([2H])c([2H])c([2H])c([2H])c6[2H])cn5)ccc4)c4cc(-c5c(C([2H])([2H])[2H])cccc5C([2H])([2H])[2H])ccc43)c(C(C)(C)C)c2)c([2H])c1[2H].[Pt]. The first-order chi connectivity index (χ1) is 41.5. The monoisotopic (exact) mass is 1120 g/mol. The van der Waals surface area contributed by atoms with Crippen molar-refractivity contribution in [3.8, 4) is 62.1 Å². The van der Waals surface area contributed by atoms with Crippen LogP contribution in [0.2, 0.25) is 0 Å². The number of fused-ring (bicyclic) bond motifs is 4. The van der Waals surface area contributed by atoms with Crippen LogP contribution in [0.5, 0.6) is 11.5 Å². The van der Waals surface area contributed by atoms with Crippen molar-refractivity contribution >= 4 is 32.8 Å². The first-order valence-corrected chi connectivity index (χ1v) is 22.6. The Morgan fingerprint density at radius 2 is 1.25 bits per heavy atom. The first-order valence-electron chi connectivity index (χ1n) is 32.1. The fourth-order valence-corrected chi connectivity index (χ4v) is 9.10. The number of imidazole rings is 1. The van der Waals surface area contributed by atoms with E-state index in [1.165, 1.54) is 30.5 Å². The van der Waals surface area contributed by atoms with Crippen molar-refractivity contribution in [2.75, 3.05) is 0 Å². The summed E-state index contributed by atoms with van der Waals surface area (Å²) >= 11 is 0. The van der Waals surface area contributed by atoms with Gasteiger partial charge >= 0.3 is 0 Å². The molecule has 0 N–H and O–H groups in total. The van der Waals surface area contributed by atoms with Crippen LogP contribution in [0.15, 0.2) is 176 Å². The van der Waals surface area contributed by atoms with Crippen LogP contribution in [0.3, 0.4) is 0 Å². The van der Waals surface area contributed by atoms with Gasteiger partial charge in [-0.2, -0.15) is 18.2 Å². The summed E-state index contributed by atoms with van der Waals surface area (Å²) in [6, 6.07) is 31.9. The van der Waals surface area contributed by atoms with Crippen LogP contribution in [0.1, 0.15) is 95.4 Å². The van der Waals surface area contributed by atoms with E-state index in [2.05, 4.69) is 23.4 Å². The number of aromatic nitrogens is 4. The predicted octanol–water partition coefficient (Wildman–Crippen LogP) is 16.1. The van der Waals surface area contributed by atoms with Crippen molar-refractivity contribution in [3.63, 3.8) is 0 Å². The molecule has 354 valence electrons. The Morgan fingerprint density at radius 3 is 1.94 bits per heavy atom. The van der Waals surface area contributed by atoms with E-state index >= 15 is 0 Å². The van der Waals surface area contributed by atoms with Crippen LogP contribution in [-0.2, 0) is 31.9 Å². The number of benzene rings is 8. The maximum atomic E-state index is 9.01. The van der Waals surface area contributed by atoms with Crippen LogP contribution in [-0.4, -0.2) is 14.1 Å². The van der Waals surface area contributed by atoms with Crippen LogP contribution in [0.25, 0.3) is 83.4 Å². The molecule has 71 heavy (non-hydrogen) atoms. The van der Waals surface area contributed by atoms with E-state index < -0.39 is 79.7 Å². The second-order valence-corrected chi connectivity index (χ2v) is 19.2. The Bertz CT molecular complexity index is 4630. The second kappa shape index (κ2) is 18.4. The number of nitrogens with zero attached hydrogens (tertiary/aromatic N) is 4. The third-order valence-electron chi connectivity index (χ3n) is 12.4. The van der Waals surface area contributed by atoms with Gasteiger partial charge in [-0.05, 0) is 116 Å². The average Bonchev–Trinajstić information content (AvgIpc) is 1.42. The van der Waals surface area contributed by atoms with Gasteiger partial charge in [-0.25, -0.2) is 4.98 Å². The van der Waals surface area contributed by atoms with Crippen molar-refractivity contribution in [1.29, 1.82) is 0 Å².